The summed E-state index contributed by atoms with van der Waals surface area (Å²) in [6.45, 7) is 3.68. The summed E-state index contributed by atoms with van der Waals surface area (Å²) in [4.78, 5) is 26.4. The molecule has 1 aromatic rings. The Morgan fingerprint density at radius 3 is 2.83 bits per heavy atom. The lowest BCUT2D eigenvalue weighted by Gasteiger charge is -2.37. The summed E-state index contributed by atoms with van der Waals surface area (Å²) in [6.07, 6.45) is 2.42. The first-order chi connectivity index (χ1) is 11.6. The summed E-state index contributed by atoms with van der Waals surface area (Å²) in [5.74, 6) is -0.0817. The molecule has 3 unspecified atom stereocenters. The molecule has 0 bridgehead atoms. The zero-order chi connectivity index (χ0) is 16.9. The normalized spacial score (nSPS) is 28.0. The second kappa shape index (κ2) is 7.66. The smallest absolute Gasteiger partial charge is 0.318 e. The molecule has 2 N–H and O–H groups in total. The van der Waals surface area contributed by atoms with Crippen LogP contribution in [0.25, 0.3) is 0 Å². The molecule has 3 atom stereocenters. The average molecular weight is 331 g/mol. The van der Waals surface area contributed by atoms with Gasteiger partial charge in [-0.25, -0.2) is 4.79 Å². The summed E-state index contributed by atoms with van der Waals surface area (Å²) in [7, 11) is 0. The number of benzene rings is 1. The van der Waals surface area contributed by atoms with E-state index in [1.54, 1.807) is 4.90 Å². The Hall–Kier alpha value is -2.08. The lowest BCUT2D eigenvalue weighted by Crippen LogP contribution is -2.54. The molecule has 3 amide bonds. The minimum absolute atomic E-state index is 0.0438. The van der Waals surface area contributed by atoms with Gasteiger partial charge >= 0.3 is 6.03 Å². The van der Waals surface area contributed by atoms with Crippen LogP contribution in [0.2, 0.25) is 0 Å². The first kappa shape index (κ1) is 16.8. The molecule has 2 heterocycles. The molecule has 130 valence electrons. The molecular weight excluding hydrogens is 306 g/mol. The molecule has 6 nitrogen and oxygen atoms in total. The lowest BCUT2D eigenvalue weighted by atomic mass is 10.1. The van der Waals surface area contributed by atoms with Crippen molar-refractivity contribution in [3.8, 4) is 0 Å². The fraction of sp³-hybridized carbons (Fsp3) is 0.556. The van der Waals surface area contributed by atoms with Crippen LogP contribution in [0.15, 0.2) is 30.3 Å². The number of carbonyl (C=O) groups excluding carboxylic acids is 2. The molecular formula is C18H25N3O3. The Labute approximate surface area is 142 Å². The lowest BCUT2D eigenvalue weighted by molar-refractivity contribution is -0.122. The average Bonchev–Trinajstić information content (AvgIpc) is 2.80. The predicted octanol–water partition coefficient (Wildman–Crippen LogP) is 1.83. The molecule has 2 fully saturated rings. The van der Waals surface area contributed by atoms with Crippen molar-refractivity contribution in [2.45, 2.75) is 44.4 Å². The third-order valence-corrected chi connectivity index (χ3v) is 4.55. The number of hydrogen-bond acceptors (Lipinski definition) is 3. The molecule has 0 aliphatic carbocycles. The van der Waals surface area contributed by atoms with Crippen LogP contribution >= 0.6 is 0 Å². The molecule has 2 aliphatic rings. The molecule has 24 heavy (non-hydrogen) atoms. The Morgan fingerprint density at radius 2 is 2.04 bits per heavy atom. The van der Waals surface area contributed by atoms with Gasteiger partial charge in [0, 0.05) is 13.1 Å². The van der Waals surface area contributed by atoms with E-state index >= 15 is 0 Å². The number of urea groups is 1. The molecule has 0 radical (unpaired) electrons. The van der Waals surface area contributed by atoms with Gasteiger partial charge in [0.25, 0.3) is 0 Å². The Balaban J connectivity index is 1.64. The first-order valence-electron chi connectivity index (χ1n) is 8.67. The van der Waals surface area contributed by atoms with Crippen molar-refractivity contribution >= 4 is 11.9 Å². The number of hydrogen-bond donors (Lipinski definition) is 2. The number of nitrogens with zero attached hydrogens (tertiary/aromatic N) is 1. The second-order valence-electron chi connectivity index (χ2n) is 6.54. The minimum Gasteiger partial charge on any atom is -0.367 e. The summed E-state index contributed by atoms with van der Waals surface area (Å²) in [5, 5.41) is 5.74. The van der Waals surface area contributed by atoms with Gasteiger partial charge in [-0.1, -0.05) is 30.3 Å². The van der Waals surface area contributed by atoms with Gasteiger partial charge in [0.05, 0.1) is 12.6 Å². The standard InChI is InChI=1S/C18H25N3O3/c1-13-11-21(12-16(24-13)14-7-3-2-4-8-14)18(23)20-15-9-5-6-10-19-17(15)22/h2-4,7-8,13,15-16H,5-6,9-12H2,1H3,(H,19,22)(H,20,23). The van der Waals surface area contributed by atoms with Crippen molar-refractivity contribution in [3.63, 3.8) is 0 Å². The van der Waals surface area contributed by atoms with E-state index in [1.807, 2.05) is 37.3 Å². The zero-order valence-electron chi connectivity index (χ0n) is 14.0. The van der Waals surface area contributed by atoms with E-state index in [9.17, 15) is 9.59 Å². The minimum atomic E-state index is -0.437. The van der Waals surface area contributed by atoms with Crippen LogP contribution in [0.5, 0.6) is 0 Å². The van der Waals surface area contributed by atoms with Gasteiger partial charge in [-0.3, -0.25) is 4.79 Å². The van der Waals surface area contributed by atoms with Crippen molar-refractivity contribution in [1.29, 1.82) is 0 Å². The van der Waals surface area contributed by atoms with Gasteiger partial charge in [-0.15, -0.1) is 0 Å². The molecule has 0 saturated carbocycles. The third-order valence-electron chi connectivity index (χ3n) is 4.55. The summed E-state index contributed by atoms with van der Waals surface area (Å²) >= 11 is 0. The van der Waals surface area contributed by atoms with E-state index in [0.29, 0.717) is 26.1 Å². The van der Waals surface area contributed by atoms with E-state index < -0.39 is 6.04 Å². The SMILES string of the molecule is CC1CN(C(=O)NC2CCCCNC2=O)CC(c2ccccc2)O1. The van der Waals surface area contributed by atoms with Crippen molar-refractivity contribution in [1.82, 2.24) is 15.5 Å². The molecule has 2 aliphatic heterocycles. The molecule has 3 rings (SSSR count). The maximum Gasteiger partial charge on any atom is 0.318 e. The van der Waals surface area contributed by atoms with E-state index in [2.05, 4.69) is 10.6 Å². The summed E-state index contributed by atoms with van der Waals surface area (Å²) in [5.41, 5.74) is 1.06. The quantitative estimate of drug-likeness (QED) is 0.868. The Bertz CT molecular complexity index is 578. The topological polar surface area (TPSA) is 70.7 Å². The highest BCUT2D eigenvalue weighted by molar-refractivity contribution is 5.87. The van der Waals surface area contributed by atoms with E-state index in [4.69, 9.17) is 4.74 Å². The molecule has 0 aromatic heterocycles. The fourth-order valence-electron chi connectivity index (χ4n) is 3.29. The first-order valence-corrected chi connectivity index (χ1v) is 8.67. The van der Waals surface area contributed by atoms with Crippen LogP contribution < -0.4 is 10.6 Å². The number of amides is 3. The Morgan fingerprint density at radius 1 is 1.25 bits per heavy atom. The number of ether oxygens (including phenoxy) is 1. The van der Waals surface area contributed by atoms with E-state index in [-0.39, 0.29) is 24.1 Å². The number of rotatable bonds is 2. The van der Waals surface area contributed by atoms with Crippen LogP contribution in [0.3, 0.4) is 0 Å². The van der Waals surface area contributed by atoms with Crippen LogP contribution in [-0.2, 0) is 9.53 Å². The molecule has 2 saturated heterocycles. The van der Waals surface area contributed by atoms with Crippen molar-refractivity contribution in [2.24, 2.45) is 0 Å². The Kier molecular flexibility index (Phi) is 5.35. The van der Waals surface area contributed by atoms with Gasteiger partial charge in [0.2, 0.25) is 5.91 Å². The maximum atomic E-state index is 12.6. The van der Waals surface area contributed by atoms with E-state index in [1.165, 1.54) is 0 Å². The number of carbonyl (C=O) groups is 2. The monoisotopic (exact) mass is 331 g/mol. The summed E-state index contributed by atoms with van der Waals surface area (Å²) in [6, 6.07) is 9.30. The van der Waals surface area contributed by atoms with Gasteiger partial charge in [-0.2, -0.15) is 0 Å². The molecule has 0 spiro atoms. The molecule has 1 aromatic carbocycles. The number of nitrogens with one attached hydrogen (secondary N) is 2. The predicted molar refractivity (Wildman–Crippen MR) is 90.5 cm³/mol. The van der Waals surface area contributed by atoms with Crippen LogP contribution in [0, 0.1) is 0 Å². The summed E-state index contributed by atoms with van der Waals surface area (Å²) < 4.78 is 5.98. The highest BCUT2D eigenvalue weighted by Crippen LogP contribution is 2.25. The van der Waals surface area contributed by atoms with Gasteiger partial charge < -0.3 is 20.3 Å². The fourth-order valence-corrected chi connectivity index (χ4v) is 3.29. The largest absolute Gasteiger partial charge is 0.367 e. The maximum absolute atomic E-state index is 12.6. The van der Waals surface area contributed by atoms with Crippen molar-refractivity contribution in [2.75, 3.05) is 19.6 Å². The van der Waals surface area contributed by atoms with Crippen LogP contribution in [0.4, 0.5) is 4.79 Å². The van der Waals surface area contributed by atoms with Crippen LogP contribution in [0.1, 0.15) is 37.9 Å². The van der Waals surface area contributed by atoms with Gasteiger partial charge in [0.15, 0.2) is 0 Å². The van der Waals surface area contributed by atoms with Crippen LogP contribution in [-0.4, -0.2) is 48.6 Å². The van der Waals surface area contributed by atoms with Crippen molar-refractivity contribution in [3.05, 3.63) is 35.9 Å². The number of morpholine rings is 1. The van der Waals surface area contributed by atoms with Gasteiger partial charge in [-0.05, 0) is 31.7 Å². The van der Waals surface area contributed by atoms with Crippen molar-refractivity contribution < 1.29 is 14.3 Å². The van der Waals surface area contributed by atoms with E-state index in [0.717, 1.165) is 18.4 Å². The highest BCUT2D eigenvalue weighted by Gasteiger charge is 2.31. The highest BCUT2D eigenvalue weighted by atomic mass is 16.5. The molecule has 6 heteroatoms. The van der Waals surface area contributed by atoms with Gasteiger partial charge in [0.1, 0.15) is 12.1 Å². The zero-order valence-corrected chi connectivity index (χ0v) is 14.0. The second-order valence-corrected chi connectivity index (χ2v) is 6.54. The third kappa shape index (κ3) is 4.06.